The molecule has 0 radical (unpaired) electrons. The Balaban J connectivity index is 1.73. The third-order valence-electron chi connectivity index (χ3n) is 4.96. The first-order valence-corrected chi connectivity index (χ1v) is 9.97. The van der Waals surface area contributed by atoms with Gasteiger partial charge >= 0.3 is 0 Å². The van der Waals surface area contributed by atoms with Crippen molar-refractivity contribution in [2.24, 2.45) is 0 Å². The van der Waals surface area contributed by atoms with E-state index in [1.807, 2.05) is 24.3 Å². The number of hydrogen-bond donors (Lipinski definition) is 1. The van der Waals surface area contributed by atoms with E-state index in [-0.39, 0.29) is 29.9 Å². The molecule has 1 aliphatic rings. The standard InChI is InChI=1S/C22H29N3O4/c1-15-12-19(24-29-15)23-20(26)14-25(13-18-6-5-11-28-18)21(27)16-7-9-17(10-8-16)22(2,3)4/h7-10,12,18H,5-6,11,13-14H2,1-4H3,(H,23,24,26). The van der Waals surface area contributed by atoms with Crippen LogP contribution in [0.15, 0.2) is 34.9 Å². The lowest BCUT2D eigenvalue weighted by Gasteiger charge is -2.25. The van der Waals surface area contributed by atoms with Gasteiger partial charge in [-0.15, -0.1) is 0 Å². The third kappa shape index (κ3) is 5.67. The second kappa shape index (κ2) is 8.78. The predicted octanol–water partition coefficient (Wildman–Crippen LogP) is 3.54. The van der Waals surface area contributed by atoms with Crippen molar-refractivity contribution in [3.63, 3.8) is 0 Å². The van der Waals surface area contributed by atoms with E-state index in [2.05, 4.69) is 31.2 Å². The molecule has 29 heavy (non-hydrogen) atoms. The summed E-state index contributed by atoms with van der Waals surface area (Å²) in [6, 6.07) is 9.22. The summed E-state index contributed by atoms with van der Waals surface area (Å²) in [7, 11) is 0. The van der Waals surface area contributed by atoms with Gasteiger partial charge in [0.2, 0.25) is 5.91 Å². The number of aryl methyl sites for hydroxylation is 1. The highest BCUT2D eigenvalue weighted by atomic mass is 16.5. The highest BCUT2D eigenvalue weighted by molar-refractivity contribution is 5.99. The molecule has 1 N–H and O–H groups in total. The van der Waals surface area contributed by atoms with Crippen LogP contribution in [-0.4, -0.2) is 47.7 Å². The van der Waals surface area contributed by atoms with Gasteiger partial charge in [-0.25, -0.2) is 0 Å². The molecule has 156 valence electrons. The van der Waals surface area contributed by atoms with E-state index in [1.165, 1.54) is 0 Å². The molecule has 3 rings (SSSR count). The van der Waals surface area contributed by atoms with Gasteiger partial charge in [0.25, 0.3) is 5.91 Å². The second-order valence-corrected chi connectivity index (χ2v) is 8.52. The summed E-state index contributed by atoms with van der Waals surface area (Å²) in [6.07, 6.45) is 1.81. The lowest BCUT2D eigenvalue weighted by atomic mass is 9.86. The Morgan fingerprint density at radius 1 is 1.24 bits per heavy atom. The maximum absolute atomic E-state index is 13.1. The third-order valence-corrected chi connectivity index (χ3v) is 4.96. The van der Waals surface area contributed by atoms with Crippen molar-refractivity contribution < 1.29 is 18.8 Å². The van der Waals surface area contributed by atoms with Gasteiger partial charge in [0.15, 0.2) is 5.82 Å². The Kier molecular flexibility index (Phi) is 6.37. The van der Waals surface area contributed by atoms with Crippen molar-refractivity contribution in [3.8, 4) is 0 Å². The number of ether oxygens (including phenoxy) is 1. The molecule has 0 saturated carbocycles. The molecule has 2 aromatic rings. The molecule has 7 nitrogen and oxygen atoms in total. The predicted molar refractivity (Wildman–Crippen MR) is 110 cm³/mol. The van der Waals surface area contributed by atoms with Gasteiger partial charge in [-0.2, -0.15) is 0 Å². The van der Waals surface area contributed by atoms with E-state index in [0.29, 0.717) is 30.3 Å². The second-order valence-electron chi connectivity index (χ2n) is 8.52. The average Bonchev–Trinajstić information content (AvgIpc) is 3.31. The van der Waals surface area contributed by atoms with Crippen LogP contribution < -0.4 is 5.32 Å². The normalized spacial score (nSPS) is 16.6. The quantitative estimate of drug-likeness (QED) is 0.803. The number of amides is 2. The van der Waals surface area contributed by atoms with Crippen molar-refractivity contribution in [1.82, 2.24) is 10.1 Å². The first-order valence-electron chi connectivity index (χ1n) is 9.97. The Labute approximate surface area is 171 Å². The van der Waals surface area contributed by atoms with Gasteiger partial charge in [0.05, 0.1) is 6.10 Å². The summed E-state index contributed by atoms with van der Waals surface area (Å²) in [5.74, 6) is 0.432. The summed E-state index contributed by atoms with van der Waals surface area (Å²) in [5.41, 5.74) is 1.72. The van der Waals surface area contributed by atoms with Gasteiger partial charge < -0.3 is 19.5 Å². The van der Waals surface area contributed by atoms with Crippen LogP contribution in [0.25, 0.3) is 0 Å². The Morgan fingerprint density at radius 2 is 1.97 bits per heavy atom. The van der Waals surface area contributed by atoms with Crippen molar-refractivity contribution in [1.29, 1.82) is 0 Å². The van der Waals surface area contributed by atoms with Gasteiger partial charge in [-0.05, 0) is 42.9 Å². The van der Waals surface area contributed by atoms with Crippen LogP contribution in [0.4, 0.5) is 5.82 Å². The smallest absolute Gasteiger partial charge is 0.254 e. The molecule has 1 saturated heterocycles. The van der Waals surface area contributed by atoms with E-state index >= 15 is 0 Å². The molecular formula is C22H29N3O4. The number of anilines is 1. The van der Waals surface area contributed by atoms with E-state index in [1.54, 1.807) is 17.9 Å². The summed E-state index contributed by atoms with van der Waals surface area (Å²) in [6.45, 7) is 9.13. The summed E-state index contributed by atoms with van der Waals surface area (Å²) in [4.78, 5) is 27.2. The van der Waals surface area contributed by atoms with Crippen LogP contribution >= 0.6 is 0 Å². The largest absolute Gasteiger partial charge is 0.376 e. The highest BCUT2D eigenvalue weighted by Gasteiger charge is 2.26. The lowest BCUT2D eigenvalue weighted by molar-refractivity contribution is -0.117. The minimum Gasteiger partial charge on any atom is -0.376 e. The van der Waals surface area contributed by atoms with Crippen molar-refractivity contribution in [3.05, 3.63) is 47.2 Å². The summed E-state index contributed by atoms with van der Waals surface area (Å²) >= 11 is 0. The Hall–Kier alpha value is -2.67. The zero-order valence-corrected chi connectivity index (χ0v) is 17.5. The lowest BCUT2D eigenvalue weighted by Crippen LogP contribution is -2.42. The van der Waals surface area contributed by atoms with Crippen molar-refractivity contribution in [2.75, 3.05) is 25.0 Å². The molecule has 0 aliphatic carbocycles. The van der Waals surface area contributed by atoms with E-state index in [0.717, 1.165) is 18.4 Å². The van der Waals surface area contributed by atoms with Crippen LogP contribution in [0, 0.1) is 6.92 Å². The highest BCUT2D eigenvalue weighted by Crippen LogP contribution is 2.23. The van der Waals surface area contributed by atoms with Crippen LogP contribution in [0.5, 0.6) is 0 Å². The van der Waals surface area contributed by atoms with Crippen LogP contribution in [-0.2, 0) is 14.9 Å². The molecule has 1 fully saturated rings. The number of rotatable bonds is 6. The van der Waals surface area contributed by atoms with E-state index in [9.17, 15) is 9.59 Å². The maximum Gasteiger partial charge on any atom is 0.254 e. The molecule has 0 bridgehead atoms. The zero-order valence-electron chi connectivity index (χ0n) is 17.5. The number of hydrogen-bond acceptors (Lipinski definition) is 5. The molecule has 0 spiro atoms. The molecule has 1 unspecified atom stereocenters. The monoisotopic (exact) mass is 399 g/mol. The molecule has 1 aliphatic heterocycles. The SMILES string of the molecule is Cc1cc(NC(=O)CN(CC2CCCO2)C(=O)c2ccc(C(C)(C)C)cc2)no1. The minimum absolute atomic E-state index is 0.00850. The fourth-order valence-corrected chi connectivity index (χ4v) is 3.33. The number of nitrogens with zero attached hydrogens (tertiary/aromatic N) is 2. The Bertz CT molecular complexity index is 846. The number of benzene rings is 1. The van der Waals surface area contributed by atoms with Gasteiger partial charge in [-0.1, -0.05) is 38.1 Å². The van der Waals surface area contributed by atoms with Crippen LogP contribution in [0.2, 0.25) is 0 Å². The first kappa shape index (κ1) is 21.0. The van der Waals surface area contributed by atoms with E-state index in [4.69, 9.17) is 9.26 Å². The fourth-order valence-electron chi connectivity index (χ4n) is 3.33. The molecule has 1 aromatic heterocycles. The van der Waals surface area contributed by atoms with Gasteiger partial charge in [-0.3, -0.25) is 9.59 Å². The fraction of sp³-hybridized carbons (Fsp3) is 0.500. The number of carbonyl (C=O) groups is 2. The zero-order chi connectivity index (χ0) is 21.0. The topological polar surface area (TPSA) is 84.7 Å². The van der Waals surface area contributed by atoms with Crippen molar-refractivity contribution >= 4 is 17.6 Å². The first-order chi connectivity index (χ1) is 13.7. The number of nitrogens with one attached hydrogen (secondary N) is 1. The molecule has 7 heteroatoms. The van der Waals surface area contributed by atoms with Gasteiger partial charge in [0, 0.05) is 24.8 Å². The van der Waals surface area contributed by atoms with E-state index < -0.39 is 0 Å². The van der Waals surface area contributed by atoms with Crippen LogP contribution in [0.3, 0.4) is 0 Å². The number of aromatic nitrogens is 1. The molecule has 1 atom stereocenters. The van der Waals surface area contributed by atoms with Crippen molar-refractivity contribution in [2.45, 2.75) is 52.1 Å². The maximum atomic E-state index is 13.1. The minimum atomic E-state index is -0.323. The number of carbonyl (C=O) groups excluding carboxylic acids is 2. The average molecular weight is 399 g/mol. The van der Waals surface area contributed by atoms with Crippen LogP contribution in [0.1, 0.15) is 55.3 Å². The summed E-state index contributed by atoms with van der Waals surface area (Å²) in [5, 5.41) is 6.44. The van der Waals surface area contributed by atoms with Gasteiger partial charge in [0.1, 0.15) is 12.3 Å². The molecule has 2 amide bonds. The molecule has 1 aromatic carbocycles. The molecular weight excluding hydrogens is 370 g/mol. The summed E-state index contributed by atoms with van der Waals surface area (Å²) < 4.78 is 10.7. The Morgan fingerprint density at radius 3 is 2.52 bits per heavy atom. The molecule has 2 heterocycles.